The van der Waals surface area contributed by atoms with Gasteiger partial charge >= 0.3 is 12.1 Å². The molecule has 2 unspecified atom stereocenters. The fourth-order valence-electron chi connectivity index (χ4n) is 5.30. The molecule has 0 spiro atoms. The van der Waals surface area contributed by atoms with Crippen LogP contribution in [0.5, 0.6) is 0 Å². The number of nitrogens with zero attached hydrogens (tertiary/aromatic N) is 1. The number of fused-ring (bicyclic) bond motifs is 3. The molecule has 1 aliphatic heterocycles. The molecule has 2 N–H and O–H groups in total. The number of unbranched alkanes of at least 4 members (excludes halogenated alkanes) is 1. The van der Waals surface area contributed by atoms with E-state index in [1.54, 1.807) is 0 Å². The van der Waals surface area contributed by atoms with Gasteiger partial charge in [-0.3, -0.25) is 4.79 Å². The minimum Gasteiger partial charge on any atom is -0.480 e. The molecular weight excluding hydrogens is 444 g/mol. The minimum absolute atomic E-state index is 0.0720. The third-order valence-corrected chi connectivity index (χ3v) is 7.17. The Labute approximate surface area is 206 Å². The number of carbonyl (C=O) groups excluding carboxylic acids is 2. The largest absolute Gasteiger partial charge is 0.480 e. The molecule has 0 bridgehead atoms. The predicted molar refractivity (Wildman–Crippen MR) is 133 cm³/mol. The van der Waals surface area contributed by atoms with Gasteiger partial charge in [-0.1, -0.05) is 75.2 Å². The monoisotopic (exact) mass is 478 g/mol. The number of carboxylic acid groups (broad SMARTS) is 1. The van der Waals surface area contributed by atoms with E-state index in [-0.39, 0.29) is 24.3 Å². The maximum absolute atomic E-state index is 13.4. The fraction of sp³-hybridized carbons (Fsp3) is 0.464. The highest BCUT2D eigenvalue weighted by Gasteiger charge is 2.38. The van der Waals surface area contributed by atoms with E-state index in [2.05, 4.69) is 29.6 Å². The van der Waals surface area contributed by atoms with Crippen molar-refractivity contribution < 1.29 is 24.2 Å². The second-order valence-electron chi connectivity index (χ2n) is 9.69. The quantitative estimate of drug-likeness (QED) is 0.568. The van der Waals surface area contributed by atoms with Crippen LogP contribution in [0.2, 0.25) is 0 Å². The van der Waals surface area contributed by atoms with E-state index in [9.17, 15) is 19.5 Å². The van der Waals surface area contributed by atoms with Crippen molar-refractivity contribution in [1.82, 2.24) is 10.2 Å². The van der Waals surface area contributed by atoms with Gasteiger partial charge in [0.05, 0.1) is 0 Å². The average molecular weight is 479 g/mol. The molecular formula is C28H34N2O5. The Balaban J connectivity index is 1.45. The van der Waals surface area contributed by atoms with Gasteiger partial charge in [0.1, 0.15) is 18.7 Å². The normalized spacial score (nSPS) is 20.0. The van der Waals surface area contributed by atoms with E-state index < -0.39 is 24.1 Å². The van der Waals surface area contributed by atoms with Crippen LogP contribution in [-0.4, -0.2) is 53.2 Å². The fourth-order valence-corrected chi connectivity index (χ4v) is 5.30. The molecule has 3 atom stereocenters. The van der Waals surface area contributed by atoms with Crippen LogP contribution >= 0.6 is 0 Å². The highest BCUT2D eigenvalue weighted by Crippen LogP contribution is 2.44. The van der Waals surface area contributed by atoms with E-state index in [0.717, 1.165) is 41.5 Å². The number of carboxylic acids is 1. The van der Waals surface area contributed by atoms with Crippen LogP contribution in [0.25, 0.3) is 11.1 Å². The van der Waals surface area contributed by atoms with Crippen molar-refractivity contribution in [3.8, 4) is 11.1 Å². The van der Waals surface area contributed by atoms with Gasteiger partial charge in [0.15, 0.2) is 0 Å². The number of amides is 2. The molecule has 2 aliphatic rings. The predicted octanol–water partition coefficient (Wildman–Crippen LogP) is 4.80. The second kappa shape index (κ2) is 10.9. The molecule has 7 heteroatoms. The topological polar surface area (TPSA) is 95.9 Å². The smallest absolute Gasteiger partial charge is 0.407 e. The van der Waals surface area contributed by atoms with Crippen molar-refractivity contribution in [3.63, 3.8) is 0 Å². The van der Waals surface area contributed by atoms with Crippen LogP contribution in [0.1, 0.15) is 63.0 Å². The minimum atomic E-state index is -0.999. The van der Waals surface area contributed by atoms with E-state index in [0.29, 0.717) is 19.4 Å². The lowest BCUT2D eigenvalue weighted by atomic mass is 9.93. The molecule has 7 nitrogen and oxygen atoms in total. The molecule has 0 radical (unpaired) electrons. The zero-order valence-electron chi connectivity index (χ0n) is 20.4. The van der Waals surface area contributed by atoms with Gasteiger partial charge in [-0.25, -0.2) is 9.59 Å². The van der Waals surface area contributed by atoms with Gasteiger partial charge < -0.3 is 20.1 Å². The van der Waals surface area contributed by atoms with Crippen LogP contribution in [0.15, 0.2) is 48.5 Å². The summed E-state index contributed by atoms with van der Waals surface area (Å²) in [6.07, 6.45) is 2.57. The number of hydrogen-bond donors (Lipinski definition) is 2. The summed E-state index contributed by atoms with van der Waals surface area (Å²) in [5.74, 6) is -1.19. The number of ether oxygens (including phenoxy) is 1. The van der Waals surface area contributed by atoms with Crippen LogP contribution in [0.4, 0.5) is 4.79 Å². The molecule has 2 aromatic rings. The molecule has 35 heavy (non-hydrogen) atoms. The Morgan fingerprint density at radius 2 is 1.69 bits per heavy atom. The van der Waals surface area contributed by atoms with Crippen molar-refractivity contribution >= 4 is 18.0 Å². The van der Waals surface area contributed by atoms with Gasteiger partial charge in [0.25, 0.3) is 0 Å². The molecule has 0 aromatic heterocycles. The SMILES string of the molecule is CCCC[C@H](NC(=O)OCC1c2ccccc2-c2ccccc21)C(=O)N1CC(C)CCC1C(=O)O. The van der Waals surface area contributed by atoms with Crippen molar-refractivity contribution in [1.29, 1.82) is 0 Å². The summed E-state index contributed by atoms with van der Waals surface area (Å²) in [6, 6.07) is 14.6. The number of carbonyl (C=O) groups is 3. The van der Waals surface area contributed by atoms with Gasteiger partial charge in [0, 0.05) is 12.5 Å². The number of piperidine rings is 1. The van der Waals surface area contributed by atoms with Crippen LogP contribution < -0.4 is 5.32 Å². The van der Waals surface area contributed by atoms with Gasteiger partial charge in [-0.15, -0.1) is 0 Å². The average Bonchev–Trinajstić information content (AvgIpc) is 3.18. The number of likely N-dealkylation sites (tertiary alicyclic amines) is 1. The highest BCUT2D eigenvalue weighted by molar-refractivity contribution is 5.89. The van der Waals surface area contributed by atoms with Crippen molar-refractivity contribution in [2.45, 2.75) is 64.0 Å². The third-order valence-electron chi connectivity index (χ3n) is 7.17. The summed E-state index contributed by atoms with van der Waals surface area (Å²) in [5, 5.41) is 12.4. The molecule has 2 aromatic carbocycles. The van der Waals surface area contributed by atoms with Gasteiger partial charge in [-0.05, 0) is 47.4 Å². The maximum atomic E-state index is 13.4. The summed E-state index contributed by atoms with van der Waals surface area (Å²) < 4.78 is 5.65. The van der Waals surface area contributed by atoms with Gasteiger partial charge in [0.2, 0.25) is 5.91 Å². The van der Waals surface area contributed by atoms with Crippen LogP contribution in [0.3, 0.4) is 0 Å². The molecule has 1 saturated heterocycles. The standard InChI is InChI=1S/C28H34N2O5/c1-3-4-13-24(26(31)30-16-18(2)14-15-25(30)27(32)33)29-28(34)35-17-23-21-11-7-5-9-19(21)20-10-6-8-12-22(20)23/h5-12,18,23-25H,3-4,13-17H2,1-2H3,(H,29,34)(H,32,33)/t18?,24-,25?/m0/s1. The molecule has 1 fully saturated rings. The lowest BCUT2D eigenvalue weighted by Gasteiger charge is -2.38. The van der Waals surface area contributed by atoms with E-state index in [1.165, 1.54) is 4.90 Å². The Morgan fingerprint density at radius 3 is 2.29 bits per heavy atom. The van der Waals surface area contributed by atoms with Gasteiger partial charge in [-0.2, -0.15) is 0 Å². The van der Waals surface area contributed by atoms with Crippen LogP contribution in [-0.2, 0) is 14.3 Å². The Hall–Kier alpha value is -3.35. The zero-order chi connectivity index (χ0) is 24.9. The first-order valence-corrected chi connectivity index (χ1v) is 12.6. The van der Waals surface area contributed by atoms with E-state index in [1.807, 2.05) is 38.1 Å². The Morgan fingerprint density at radius 1 is 1.06 bits per heavy atom. The Kier molecular flexibility index (Phi) is 7.73. The number of benzene rings is 2. The first-order chi connectivity index (χ1) is 16.9. The van der Waals surface area contributed by atoms with Crippen molar-refractivity contribution in [3.05, 3.63) is 59.7 Å². The highest BCUT2D eigenvalue weighted by atomic mass is 16.5. The van der Waals surface area contributed by atoms with Crippen molar-refractivity contribution in [2.75, 3.05) is 13.2 Å². The first kappa shape index (κ1) is 24.8. The third kappa shape index (κ3) is 5.34. The number of hydrogen-bond acceptors (Lipinski definition) is 4. The lowest BCUT2D eigenvalue weighted by molar-refractivity contribution is -0.154. The van der Waals surface area contributed by atoms with E-state index >= 15 is 0 Å². The summed E-state index contributed by atoms with van der Waals surface area (Å²) in [7, 11) is 0. The lowest BCUT2D eigenvalue weighted by Crippen LogP contribution is -2.56. The van der Waals surface area contributed by atoms with Crippen LogP contribution in [0, 0.1) is 5.92 Å². The molecule has 186 valence electrons. The van der Waals surface area contributed by atoms with Crippen molar-refractivity contribution in [2.24, 2.45) is 5.92 Å². The first-order valence-electron chi connectivity index (χ1n) is 12.6. The summed E-state index contributed by atoms with van der Waals surface area (Å²) >= 11 is 0. The number of alkyl carbamates (subject to hydrolysis) is 1. The summed E-state index contributed by atoms with van der Waals surface area (Å²) in [4.78, 5) is 39.4. The summed E-state index contributed by atoms with van der Waals surface area (Å²) in [6.45, 7) is 4.56. The Bertz CT molecular complexity index is 1040. The molecule has 0 saturated carbocycles. The second-order valence-corrected chi connectivity index (χ2v) is 9.69. The summed E-state index contributed by atoms with van der Waals surface area (Å²) in [5.41, 5.74) is 4.53. The molecule has 1 heterocycles. The zero-order valence-corrected chi connectivity index (χ0v) is 20.4. The maximum Gasteiger partial charge on any atom is 0.407 e. The van der Waals surface area contributed by atoms with E-state index in [4.69, 9.17) is 4.74 Å². The number of aliphatic carboxylic acids is 1. The molecule has 4 rings (SSSR count). The number of rotatable bonds is 8. The number of nitrogens with one attached hydrogen (secondary N) is 1. The molecule has 2 amide bonds. The molecule has 1 aliphatic carbocycles.